The second-order valence-electron chi connectivity index (χ2n) is 5.16. The molecule has 2 nitrogen and oxygen atoms in total. The molecule has 0 spiro atoms. The molecule has 2 aromatic rings. The quantitative estimate of drug-likeness (QED) is 0.719. The molecule has 0 bridgehead atoms. The summed E-state index contributed by atoms with van der Waals surface area (Å²) in [7, 11) is 3.38. The molecule has 0 saturated heterocycles. The Morgan fingerprint density at radius 1 is 0.773 bits per heavy atom. The van der Waals surface area contributed by atoms with E-state index in [1.807, 2.05) is 36.4 Å². The lowest BCUT2D eigenvalue weighted by Gasteiger charge is -2.08. The summed E-state index contributed by atoms with van der Waals surface area (Å²) in [6, 6.07) is 12.2. The van der Waals surface area contributed by atoms with Crippen LogP contribution in [-0.2, 0) is 0 Å². The Bertz CT molecular complexity index is 680. The summed E-state index contributed by atoms with van der Waals surface area (Å²) in [6.07, 6.45) is 8.21. The molecule has 2 aromatic carbocycles. The molecular weight excluding hydrogens is 272 g/mol. The SMILES string of the molecule is COc1ccc(/C=C/C=C/c2cc(C)c(C)c(OC)c2)cc1. The maximum absolute atomic E-state index is 5.40. The second kappa shape index (κ2) is 7.51. The lowest BCUT2D eigenvalue weighted by molar-refractivity contribution is 0.411. The van der Waals surface area contributed by atoms with E-state index >= 15 is 0 Å². The van der Waals surface area contributed by atoms with Gasteiger partial charge in [-0.3, -0.25) is 0 Å². The van der Waals surface area contributed by atoms with Crippen LogP contribution in [0.2, 0.25) is 0 Å². The lowest BCUT2D eigenvalue weighted by atomic mass is 10.0. The van der Waals surface area contributed by atoms with Gasteiger partial charge >= 0.3 is 0 Å². The standard InChI is InChI=1S/C20H22O2/c1-15-13-18(14-20(22-4)16(15)2)8-6-5-7-17-9-11-19(21-3)12-10-17/h5-14H,1-4H3/b7-5+,8-6+. The highest BCUT2D eigenvalue weighted by atomic mass is 16.5. The highest BCUT2D eigenvalue weighted by Gasteiger charge is 2.02. The van der Waals surface area contributed by atoms with E-state index in [4.69, 9.17) is 9.47 Å². The monoisotopic (exact) mass is 294 g/mol. The van der Waals surface area contributed by atoms with Gasteiger partial charge < -0.3 is 9.47 Å². The topological polar surface area (TPSA) is 18.5 Å². The van der Waals surface area contributed by atoms with Crippen LogP contribution in [0.25, 0.3) is 12.2 Å². The van der Waals surface area contributed by atoms with E-state index in [0.29, 0.717) is 0 Å². The van der Waals surface area contributed by atoms with Crippen molar-refractivity contribution in [3.05, 3.63) is 70.8 Å². The Balaban J connectivity index is 2.08. The molecule has 0 N–H and O–H groups in total. The molecule has 0 aliphatic rings. The van der Waals surface area contributed by atoms with Crippen molar-refractivity contribution in [1.82, 2.24) is 0 Å². The number of aryl methyl sites for hydroxylation is 1. The van der Waals surface area contributed by atoms with Crippen molar-refractivity contribution in [2.75, 3.05) is 14.2 Å². The minimum atomic E-state index is 0.870. The highest BCUT2D eigenvalue weighted by molar-refractivity contribution is 5.60. The lowest BCUT2D eigenvalue weighted by Crippen LogP contribution is -1.91. The molecule has 0 fully saturated rings. The van der Waals surface area contributed by atoms with Gasteiger partial charge in [-0.1, -0.05) is 42.5 Å². The smallest absolute Gasteiger partial charge is 0.122 e. The molecule has 22 heavy (non-hydrogen) atoms. The molecule has 0 aliphatic carbocycles. The highest BCUT2D eigenvalue weighted by Crippen LogP contribution is 2.24. The molecular formula is C20H22O2. The van der Waals surface area contributed by atoms with Gasteiger partial charge in [0.2, 0.25) is 0 Å². The van der Waals surface area contributed by atoms with Gasteiger partial charge in [-0.25, -0.2) is 0 Å². The molecule has 0 aliphatic heterocycles. The summed E-state index contributed by atoms with van der Waals surface area (Å²) in [5.74, 6) is 1.80. The van der Waals surface area contributed by atoms with Crippen molar-refractivity contribution in [1.29, 1.82) is 0 Å². The number of methoxy groups -OCH3 is 2. The summed E-state index contributed by atoms with van der Waals surface area (Å²) in [6.45, 7) is 4.17. The normalized spacial score (nSPS) is 11.3. The van der Waals surface area contributed by atoms with Crippen LogP contribution in [0.15, 0.2) is 48.6 Å². The molecule has 0 atom stereocenters. The Kier molecular flexibility index (Phi) is 5.42. The van der Waals surface area contributed by atoms with E-state index in [9.17, 15) is 0 Å². The Labute approximate surface area is 132 Å². The number of benzene rings is 2. The third-order valence-electron chi connectivity index (χ3n) is 3.67. The maximum atomic E-state index is 5.40. The molecule has 0 unspecified atom stereocenters. The van der Waals surface area contributed by atoms with E-state index in [2.05, 4.69) is 38.1 Å². The Morgan fingerprint density at radius 2 is 1.41 bits per heavy atom. The van der Waals surface area contributed by atoms with Gasteiger partial charge in [-0.15, -0.1) is 0 Å². The van der Waals surface area contributed by atoms with Crippen molar-refractivity contribution in [2.45, 2.75) is 13.8 Å². The molecule has 0 heterocycles. The molecule has 0 saturated carbocycles. The predicted molar refractivity (Wildman–Crippen MR) is 93.5 cm³/mol. The van der Waals surface area contributed by atoms with Crippen molar-refractivity contribution >= 4 is 12.2 Å². The third-order valence-corrected chi connectivity index (χ3v) is 3.67. The van der Waals surface area contributed by atoms with Crippen LogP contribution in [0.4, 0.5) is 0 Å². The largest absolute Gasteiger partial charge is 0.497 e. The number of ether oxygens (including phenoxy) is 2. The third kappa shape index (κ3) is 4.01. The van der Waals surface area contributed by atoms with Crippen LogP contribution in [0.1, 0.15) is 22.3 Å². The van der Waals surface area contributed by atoms with E-state index in [-0.39, 0.29) is 0 Å². The van der Waals surface area contributed by atoms with Gasteiger partial charge in [-0.05, 0) is 54.3 Å². The molecule has 0 radical (unpaired) electrons. The van der Waals surface area contributed by atoms with Crippen molar-refractivity contribution in [3.63, 3.8) is 0 Å². The fourth-order valence-electron chi connectivity index (χ4n) is 2.21. The van der Waals surface area contributed by atoms with E-state index in [0.717, 1.165) is 22.6 Å². The molecule has 2 heteroatoms. The number of rotatable bonds is 5. The van der Waals surface area contributed by atoms with Crippen LogP contribution in [0, 0.1) is 13.8 Å². The van der Waals surface area contributed by atoms with E-state index in [1.54, 1.807) is 14.2 Å². The zero-order chi connectivity index (χ0) is 15.9. The van der Waals surface area contributed by atoms with Crippen LogP contribution < -0.4 is 9.47 Å². The zero-order valence-electron chi connectivity index (χ0n) is 13.6. The first kappa shape index (κ1) is 15.9. The Morgan fingerprint density at radius 3 is 2.00 bits per heavy atom. The van der Waals surface area contributed by atoms with Gasteiger partial charge in [0.15, 0.2) is 0 Å². The number of hydrogen-bond donors (Lipinski definition) is 0. The minimum Gasteiger partial charge on any atom is -0.497 e. The van der Waals surface area contributed by atoms with Crippen LogP contribution in [0.5, 0.6) is 11.5 Å². The summed E-state index contributed by atoms with van der Waals surface area (Å²) in [5, 5.41) is 0. The van der Waals surface area contributed by atoms with Crippen molar-refractivity contribution in [3.8, 4) is 11.5 Å². The average molecular weight is 294 g/mol. The molecule has 2 rings (SSSR count). The van der Waals surface area contributed by atoms with Gasteiger partial charge in [0, 0.05) is 0 Å². The summed E-state index contributed by atoms with van der Waals surface area (Å²) >= 11 is 0. The number of allylic oxidation sites excluding steroid dienone is 2. The predicted octanol–water partition coefficient (Wildman–Crippen LogP) is 5.05. The molecule has 0 amide bonds. The van der Waals surface area contributed by atoms with Gasteiger partial charge in [-0.2, -0.15) is 0 Å². The van der Waals surface area contributed by atoms with E-state index in [1.165, 1.54) is 11.1 Å². The fourth-order valence-corrected chi connectivity index (χ4v) is 2.21. The average Bonchev–Trinajstić information content (AvgIpc) is 2.55. The van der Waals surface area contributed by atoms with Crippen LogP contribution in [-0.4, -0.2) is 14.2 Å². The van der Waals surface area contributed by atoms with Crippen LogP contribution >= 0.6 is 0 Å². The second-order valence-corrected chi connectivity index (χ2v) is 5.16. The van der Waals surface area contributed by atoms with Gasteiger partial charge in [0.25, 0.3) is 0 Å². The fraction of sp³-hybridized carbons (Fsp3) is 0.200. The summed E-state index contributed by atoms with van der Waals surface area (Å²) in [5.41, 5.74) is 4.70. The van der Waals surface area contributed by atoms with Gasteiger partial charge in [0.05, 0.1) is 14.2 Å². The Hall–Kier alpha value is -2.48. The maximum Gasteiger partial charge on any atom is 0.122 e. The zero-order valence-corrected chi connectivity index (χ0v) is 13.6. The minimum absolute atomic E-state index is 0.870. The molecule has 114 valence electrons. The van der Waals surface area contributed by atoms with Crippen molar-refractivity contribution < 1.29 is 9.47 Å². The first-order valence-electron chi connectivity index (χ1n) is 7.28. The summed E-state index contributed by atoms with van der Waals surface area (Å²) < 4.78 is 10.5. The van der Waals surface area contributed by atoms with Crippen LogP contribution in [0.3, 0.4) is 0 Å². The summed E-state index contributed by atoms with van der Waals surface area (Å²) in [4.78, 5) is 0. The number of hydrogen-bond acceptors (Lipinski definition) is 2. The molecule has 0 aromatic heterocycles. The van der Waals surface area contributed by atoms with Gasteiger partial charge in [0.1, 0.15) is 11.5 Å². The first-order chi connectivity index (χ1) is 10.6. The first-order valence-corrected chi connectivity index (χ1v) is 7.28. The van der Waals surface area contributed by atoms with E-state index < -0.39 is 0 Å². The van der Waals surface area contributed by atoms with Crippen molar-refractivity contribution in [2.24, 2.45) is 0 Å².